The van der Waals surface area contributed by atoms with Crippen molar-refractivity contribution in [1.29, 1.82) is 0 Å². The van der Waals surface area contributed by atoms with Gasteiger partial charge in [-0.2, -0.15) is 5.10 Å². The van der Waals surface area contributed by atoms with Crippen molar-refractivity contribution in [3.63, 3.8) is 0 Å². The van der Waals surface area contributed by atoms with Crippen LogP contribution in [0.5, 0.6) is 0 Å². The number of nitrogens with two attached hydrogens (primary N) is 3. The first kappa shape index (κ1) is 22.9. The summed E-state index contributed by atoms with van der Waals surface area (Å²) in [6.07, 6.45) is 6.12. The first-order chi connectivity index (χ1) is 17.0. The largest absolute Gasteiger partial charge is 0.399 e. The molecule has 2 heterocycles. The number of hydrogen-bond acceptors (Lipinski definition) is 6. The number of amides is 1. The molecule has 1 unspecified atom stereocenters. The number of nitrogen functional groups attached to an aromatic ring is 2. The van der Waals surface area contributed by atoms with Gasteiger partial charge in [-0.1, -0.05) is 24.3 Å². The highest BCUT2D eigenvalue weighted by molar-refractivity contribution is 5.91. The molecule has 9 N–H and O–H groups in total. The predicted molar refractivity (Wildman–Crippen MR) is 138 cm³/mol. The molecular formula is C26H32N8O. The van der Waals surface area contributed by atoms with Gasteiger partial charge in [0, 0.05) is 35.2 Å². The Hall–Kier alpha value is -3.85. The maximum absolute atomic E-state index is 13.2. The highest BCUT2D eigenvalue weighted by Gasteiger charge is 2.28. The van der Waals surface area contributed by atoms with Gasteiger partial charge < -0.3 is 27.5 Å². The Morgan fingerprint density at radius 1 is 1.11 bits per heavy atom. The van der Waals surface area contributed by atoms with E-state index in [1.54, 1.807) is 0 Å². The number of benzene rings is 2. The second-order valence-electron chi connectivity index (χ2n) is 9.46. The van der Waals surface area contributed by atoms with Crippen LogP contribution in [0.1, 0.15) is 43.1 Å². The standard InChI is InChI=1S/C26H32N8O/c27-13-15-5-7-16(8-6-15)26(35)32-22(11-17-3-1-2-4-20(17)28)25-30-14-23(31-25)18-9-10-19-21(12-18)33-34-24(19)29/h1-4,9-10,12,14-16,22H,5-8,11,13,27-28H2,(H,30,31)(H,32,35)(H3,29,33,34)/t15-,16-,22?. The van der Waals surface area contributed by atoms with Crippen molar-refractivity contribution in [1.82, 2.24) is 25.5 Å². The summed E-state index contributed by atoms with van der Waals surface area (Å²) in [4.78, 5) is 21.4. The summed E-state index contributed by atoms with van der Waals surface area (Å²) >= 11 is 0. The Bertz CT molecular complexity index is 1320. The van der Waals surface area contributed by atoms with Gasteiger partial charge in [-0.15, -0.1) is 0 Å². The van der Waals surface area contributed by atoms with E-state index in [0.717, 1.165) is 53.4 Å². The molecule has 0 radical (unpaired) electrons. The van der Waals surface area contributed by atoms with Crippen molar-refractivity contribution in [3.8, 4) is 11.3 Å². The number of para-hydroxylation sites is 1. The fourth-order valence-electron chi connectivity index (χ4n) is 4.97. The van der Waals surface area contributed by atoms with Gasteiger partial charge in [-0.05, 0) is 61.9 Å². The van der Waals surface area contributed by atoms with E-state index in [-0.39, 0.29) is 17.9 Å². The summed E-state index contributed by atoms with van der Waals surface area (Å²) in [6.45, 7) is 0.691. The molecular weight excluding hydrogens is 440 g/mol. The van der Waals surface area contributed by atoms with Gasteiger partial charge in [0.15, 0.2) is 5.82 Å². The number of imidazole rings is 1. The Balaban J connectivity index is 1.39. The lowest BCUT2D eigenvalue weighted by Crippen LogP contribution is -2.37. The quantitative estimate of drug-likeness (QED) is 0.226. The zero-order valence-corrected chi connectivity index (χ0v) is 19.6. The fraction of sp³-hybridized carbons (Fsp3) is 0.346. The van der Waals surface area contributed by atoms with Crippen LogP contribution in [0.25, 0.3) is 22.2 Å². The van der Waals surface area contributed by atoms with Gasteiger partial charge in [0.25, 0.3) is 0 Å². The third-order valence-corrected chi connectivity index (χ3v) is 7.16. The van der Waals surface area contributed by atoms with Gasteiger partial charge in [0.2, 0.25) is 5.91 Å². The number of rotatable bonds is 7. The van der Waals surface area contributed by atoms with Gasteiger partial charge >= 0.3 is 0 Å². The summed E-state index contributed by atoms with van der Waals surface area (Å²) < 4.78 is 0. The number of carbonyl (C=O) groups excluding carboxylic acids is 1. The van der Waals surface area contributed by atoms with Crippen molar-refractivity contribution >= 4 is 28.3 Å². The van der Waals surface area contributed by atoms with Gasteiger partial charge in [-0.3, -0.25) is 9.89 Å². The molecule has 0 saturated heterocycles. The number of nitrogens with zero attached hydrogens (tertiary/aromatic N) is 2. The normalized spacial score (nSPS) is 19.0. The van der Waals surface area contributed by atoms with E-state index in [4.69, 9.17) is 22.2 Å². The Kier molecular flexibility index (Phi) is 6.41. The van der Waals surface area contributed by atoms with Gasteiger partial charge in [-0.25, -0.2) is 4.98 Å². The predicted octanol–water partition coefficient (Wildman–Crippen LogP) is 3.28. The van der Waals surface area contributed by atoms with Crippen LogP contribution in [0.15, 0.2) is 48.7 Å². The molecule has 9 heteroatoms. The number of hydrogen-bond donors (Lipinski definition) is 6. The third kappa shape index (κ3) is 4.85. The molecule has 0 aliphatic heterocycles. The number of fused-ring (bicyclic) bond motifs is 1. The molecule has 0 bridgehead atoms. The van der Waals surface area contributed by atoms with Crippen molar-refractivity contribution in [2.45, 2.75) is 38.1 Å². The van der Waals surface area contributed by atoms with Gasteiger partial charge in [0.05, 0.1) is 17.3 Å². The smallest absolute Gasteiger partial charge is 0.223 e. The van der Waals surface area contributed by atoms with Crippen LogP contribution < -0.4 is 22.5 Å². The lowest BCUT2D eigenvalue weighted by Gasteiger charge is -2.28. The number of nitrogens with one attached hydrogen (secondary N) is 3. The first-order valence-electron chi connectivity index (χ1n) is 12.1. The second-order valence-corrected chi connectivity index (χ2v) is 9.46. The molecule has 5 rings (SSSR count). The molecule has 4 aromatic rings. The SMILES string of the molecule is NC[C@H]1CC[C@H](C(=O)NC(Cc2ccccc2N)c2nc(-c3ccc4c(N)n[nH]c4c3)c[nH]2)CC1. The lowest BCUT2D eigenvalue weighted by atomic mass is 9.81. The highest BCUT2D eigenvalue weighted by Crippen LogP contribution is 2.30. The van der Waals surface area contributed by atoms with E-state index in [0.29, 0.717) is 36.2 Å². The van der Waals surface area contributed by atoms with Crippen LogP contribution in [0.2, 0.25) is 0 Å². The summed E-state index contributed by atoms with van der Waals surface area (Å²) in [5.74, 6) is 1.74. The number of H-pyrrole nitrogens is 2. The van der Waals surface area contributed by atoms with Crippen LogP contribution in [-0.2, 0) is 11.2 Å². The van der Waals surface area contributed by atoms with Crippen LogP contribution in [0, 0.1) is 11.8 Å². The summed E-state index contributed by atoms with van der Waals surface area (Å²) in [6, 6.07) is 13.3. The molecule has 2 aromatic heterocycles. The van der Waals surface area contributed by atoms with E-state index in [1.165, 1.54) is 0 Å². The van der Waals surface area contributed by atoms with E-state index in [1.807, 2.05) is 48.7 Å². The number of anilines is 2. The Morgan fingerprint density at radius 3 is 2.69 bits per heavy atom. The van der Waals surface area contributed by atoms with Crippen molar-refractivity contribution in [3.05, 3.63) is 60.0 Å². The van der Waals surface area contributed by atoms with Crippen molar-refractivity contribution < 1.29 is 4.79 Å². The summed E-state index contributed by atoms with van der Waals surface area (Å²) in [5, 5.41) is 11.1. The van der Waals surface area contributed by atoms with Crippen molar-refractivity contribution in [2.24, 2.45) is 17.6 Å². The average Bonchev–Trinajstić information content (AvgIpc) is 3.52. The van der Waals surface area contributed by atoms with E-state index < -0.39 is 0 Å². The number of carbonyl (C=O) groups is 1. The molecule has 182 valence electrons. The summed E-state index contributed by atoms with van der Waals surface area (Å²) in [5.41, 5.74) is 22.2. The van der Waals surface area contributed by atoms with Gasteiger partial charge in [0.1, 0.15) is 5.82 Å². The maximum Gasteiger partial charge on any atom is 0.223 e. The molecule has 1 aliphatic rings. The molecule has 1 fully saturated rings. The molecule has 35 heavy (non-hydrogen) atoms. The molecule has 9 nitrogen and oxygen atoms in total. The Morgan fingerprint density at radius 2 is 1.91 bits per heavy atom. The average molecular weight is 473 g/mol. The molecule has 0 spiro atoms. The molecule has 1 amide bonds. The van der Waals surface area contributed by atoms with Crippen molar-refractivity contribution in [2.75, 3.05) is 18.0 Å². The third-order valence-electron chi connectivity index (χ3n) is 7.16. The Labute approximate surface area is 203 Å². The minimum Gasteiger partial charge on any atom is -0.399 e. The fourth-order valence-corrected chi connectivity index (χ4v) is 4.97. The molecule has 1 atom stereocenters. The topological polar surface area (TPSA) is 165 Å². The first-order valence-corrected chi connectivity index (χ1v) is 12.1. The minimum atomic E-state index is -0.334. The van der Waals surface area contributed by atoms with E-state index in [2.05, 4.69) is 20.5 Å². The van der Waals surface area contributed by atoms with E-state index >= 15 is 0 Å². The zero-order chi connectivity index (χ0) is 24.4. The van der Waals surface area contributed by atoms with Crippen LogP contribution in [0.4, 0.5) is 11.5 Å². The number of aromatic amines is 2. The monoisotopic (exact) mass is 472 g/mol. The maximum atomic E-state index is 13.2. The molecule has 2 aromatic carbocycles. The van der Waals surface area contributed by atoms with Crippen LogP contribution in [-0.4, -0.2) is 32.6 Å². The summed E-state index contributed by atoms with van der Waals surface area (Å²) in [7, 11) is 0. The second kappa shape index (κ2) is 9.79. The zero-order valence-electron chi connectivity index (χ0n) is 19.6. The minimum absolute atomic E-state index is 0.00361. The molecule has 1 saturated carbocycles. The highest BCUT2D eigenvalue weighted by atomic mass is 16.2. The number of aromatic nitrogens is 4. The molecule has 1 aliphatic carbocycles. The van der Waals surface area contributed by atoms with E-state index in [9.17, 15) is 4.79 Å². The van der Waals surface area contributed by atoms with Crippen LogP contribution in [0.3, 0.4) is 0 Å². The van der Waals surface area contributed by atoms with Crippen LogP contribution >= 0.6 is 0 Å². The lowest BCUT2D eigenvalue weighted by molar-refractivity contribution is -0.127.